The molecule has 0 radical (unpaired) electrons. The molecule has 1 aromatic carbocycles. The average Bonchev–Trinajstić information content (AvgIpc) is 3.12. The van der Waals surface area contributed by atoms with Crippen LogP contribution in [0.2, 0.25) is 5.02 Å². The van der Waals surface area contributed by atoms with Crippen molar-refractivity contribution in [2.24, 2.45) is 0 Å². The zero-order valence-corrected chi connectivity index (χ0v) is 12.8. The van der Waals surface area contributed by atoms with Gasteiger partial charge in [-0.1, -0.05) is 29.8 Å². The van der Waals surface area contributed by atoms with E-state index in [1.807, 2.05) is 24.3 Å². The molecule has 0 N–H and O–H groups in total. The lowest BCUT2D eigenvalue weighted by atomic mass is 10.2. The minimum absolute atomic E-state index is 0.241. The molecule has 0 amide bonds. The Morgan fingerprint density at radius 3 is 3.00 bits per heavy atom. The minimum Gasteiger partial charge on any atom is -0.296 e. The Labute approximate surface area is 130 Å². The number of nitriles is 1. The molecule has 1 aliphatic heterocycles. The van der Waals surface area contributed by atoms with Gasteiger partial charge in [0.1, 0.15) is 11.8 Å². The summed E-state index contributed by atoms with van der Waals surface area (Å²) < 4.78 is 2.00. The summed E-state index contributed by atoms with van der Waals surface area (Å²) in [7, 11) is 0. The number of imidazole rings is 1. The van der Waals surface area contributed by atoms with Gasteiger partial charge >= 0.3 is 0 Å². The van der Waals surface area contributed by atoms with E-state index in [0.29, 0.717) is 5.70 Å². The summed E-state index contributed by atoms with van der Waals surface area (Å²) in [6, 6.07) is 10.1. The van der Waals surface area contributed by atoms with E-state index in [1.165, 1.54) is 0 Å². The number of halogens is 1. The Kier molecular flexibility index (Phi) is 4.06. The third-order valence-corrected chi connectivity index (χ3v) is 6.23. The fourth-order valence-electron chi connectivity index (χ4n) is 1.95. The Morgan fingerprint density at radius 1 is 1.45 bits per heavy atom. The van der Waals surface area contributed by atoms with Crippen molar-refractivity contribution in [3.8, 4) is 6.07 Å². The van der Waals surface area contributed by atoms with E-state index in [9.17, 15) is 5.26 Å². The number of hydrogen-bond donors (Lipinski definition) is 0. The van der Waals surface area contributed by atoms with Crippen molar-refractivity contribution in [1.29, 1.82) is 5.26 Å². The summed E-state index contributed by atoms with van der Waals surface area (Å²) >= 11 is 9.73. The van der Waals surface area contributed by atoms with E-state index in [-0.39, 0.29) is 4.58 Å². The zero-order chi connectivity index (χ0) is 13.9. The Morgan fingerprint density at radius 2 is 2.30 bits per heavy atom. The number of benzene rings is 1. The monoisotopic (exact) mass is 319 g/mol. The van der Waals surface area contributed by atoms with Gasteiger partial charge in [0.05, 0.1) is 10.9 Å². The molecule has 2 heterocycles. The second kappa shape index (κ2) is 5.96. The molecule has 1 atom stereocenters. The molecular weight excluding hydrogens is 310 g/mol. The molecule has 0 bridgehead atoms. The smallest absolute Gasteiger partial charge is 0.136 e. The van der Waals surface area contributed by atoms with Crippen molar-refractivity contribution in [1.82, 2.24) is 9.55 Å². The van der Waals surface area contributed by atoms with Gasteiger partial charge in [0, 0.05) is 28.1 Å². The third kappa shape index (κ3) is 2.59. The highest BCUT2D eigenvalue weighted by Crippen LogP contribution is 2.54. The van der Waals surface area contributed by atoms with Gasteiger partial charge < -0.3 is 0 Å². The summed E-state index contributed by atoms with van der Waals surface area (Å²) in [4.78, 5) is 5.06. The normalized spacial score (nSPS) is 20.7. The molecule has 100 valence electrons. The number of aromatic nitrogens is 2. The third-order valence-electron chi connectivity index (χ3n) is 2.91. The highest BCUT2D eigenvalue weighted by molar-refractivity contribution is 8.22. The SMILES string of the molecule is N#C/C(=C1/CSC(c2ccccc2Cl)S1)n1ccnc1. The average molecular weight is 320 g/mol. The first-order valence-electron chi connectivity index (χ1n) is 5.94. The first kappa shape index (κ1) is 13.6. The molecule has 3 nitrogen and oxygen atoms in total. The molecule has 1 unspecified atom stereocenters. The molecular formula is C14H10ClN3S2. The maximum absolute atomic E-state index is 9.36. The molecule has 0 saturated carbocycles. The van der Waals surface area contributed by atoms with E-state index in [0.717, 1.165) is 21.2 Å². The van der Waals surface area contributed by atoms with Crippen molar-refractivity contribution >= 4 is 40.8 Å². The van der Waals surface area contributed by atoms with Crippen LogP contribution in [0.3, 0.4) is 0 Å². The van der Waals surface area contributed by atoms with Crippen LogP contribution in [0.5, 0.6) is 0 Å². The predicted molar refractivity (Wildman–Crippen MR) is 85.3 cm³/mol. The quantitative estimate of drug-likeness (QED) is 0.769. The van der Waals surface area contributed by atoms with Crippen LogP contribution in [0.25, 0.3) is 5.70 Å². The molecule has 1 aromatic heterocycles. The summed E-state index contributed by atoms with van der Waals surface area (Å²) in [5, 5.41) is 10.1. The van der Waals surface area contributed by atoms with E-state index < -0.39 is 0 Å². The molecule has 1 fully saturated rings. The maximum atomic E-state index is 9.36. The van der Waals surface area contributed by atoms with Gasteiger partial charge in [-0.25, -0.2) is 4.98 Å². The van der Waals surface area contributed by atoms with Crippen molar-refractivity contribution in [2.45, 2.75) is 4.58 Å². The summed E-state index contributed by atoms with van der Waals surface area (Å²) in [5.41, 5.74) is 1.76. The van der Waals surface area contributed by atoms with Crippen LogP contribution in [0.15, 0.2) is 47.9 Å². The number of allylic oxidation sites excluding steroid dienone is 1. The lowest BCUT2D eigenvalue weighted by Crippen LogP contribution is -1.94. The molecule has 6 heteroatoms. The van der Waals surface area contributed by atoms with E-state index in [4.69, 9.17) is 11.6 Å². The summed E-state index contributed by atoms with van der Waals surface area (Å²) in [5.74, 6) is 0.821. The van der Waals surface area contributed by atoms with Crippen molar-refractivity contribution in [3.05, 3.63) is 58.5 Å². The van der Waals surface area contributed by atoms with Crippen molar-refractivity contribution in [2.75, 3.05) is 5.75 Å². The Balaban J connectivity index is 1.90. The van der Waals surface area contributed by atoms with Gasteiger partial charge in [-0.3, -0.25) is 4.57 Å². The lowest BCUT2D eigenvalue weighted by molar-refractivity contribution is 1.10. The van der Waals surface area contributed by atoms with Gasteiger partial charge in [0.2, 0.25) is 0 Å². The number of hydrogen-bond acceptors (Lipinski definition) is 4. The molecule has 20 heavy (non-hydrogen) atoms. The van der Waals surface area contributed by atoms with E-state index in [1.54, 1.807) is 46.8 Å². The van der Waals surface area contributed by atoms with Gasteiger partial charge in [-0.15, -0.1) is 23.5 Å². The van der Waals surface area contributed by atoms with Crippen LogP contribution >= 0.6 is 35.1 Å². The van der Waals surface area contributed by atoms with Crippen LogP contribution in [0.4, 0.5) is 0 Å². The van der Waals surface area contributed by atoms with Gasteiger partial charge in [-0.05, 0) is 11.6 Å². The molecule has 0 spiro atoms. The minimum atomic E-state index is 0.241. The van der Waals surface area contributed by atoms with Crippen LogP contribution in [0.1, 0.15) is 10.1 Å². The molecule has 3 rings (SSSR count). The Hall–Kier alpha value is -1.35. The van der Waals surface area contributed by atoms with Crippen LogP contribution in [-0.2, 0) is 0 Å². The van der Waals surface area contributed by atoms with Crippen LogP contribution in [0, 0.1) is 11.3 Å². The fourth-order valence-corrected chi connectivity index (χ4v) is 5.30. The number of thioether (sulfide) groups is 2. The van der Waals surface area contributed by atoms with Crippen LogP contribution < -0.4 is 0 Å². The first-order valence-corrected chi connectivity index (χ1v) is 8.24. The van der Waals surface area contributed by atoms with E-state index in [2.05, 4.69) is 11.1 Å². The molecule has 2 aromatic rings. The van der Waals surface area contributed by atoms with Crippen molar-refractivity contribution < 1.29 is 0 Å². The predicted octanol–water partition coefficient (Wildman–Crippen LogP) is 4.41. The van der Waals surface area contributed by atoms with Crippen LogP contribution in [-0.4, -0.2) is 15.3 Å². The fraction of sp³-hybridized carbons (Fsp3) is 0.143. The summed E-state index contributed by atoms with van der Waals surface area (Å²) in [6.07, 6.45) is 5.12. The standard InChI is InChI=1S/C14H10ClN3S2/c15-11-4-2-1-3-10(11)14-19-8-13(20-14)12(7-16)18-6-5-17-9-18/h1-6,9,14H,8H2/b13-12+. The second-order valence-corrected chi connectivity index (χ2v) is 7.13. The van der Waals surface area contributed by atoms with Gasteiger partial charge in [0.25, 0.3) is 0 Å². The first-order chi connectivity index (χ1) is 9.79. The number of rotatable bonds is 2. The Bertz CT molecular complexity index is 689. The van der Waals surface area contributed by atoms with Crippen molar-refractivity contribution in [3.63, 3.8) is 0 Å². The zero-order valence-electron chi connectivity index (χ0n) is 10.4. The lowest BCUT2D eigenvalue weighted by Gasteiger charge is -2.09. The molecule has 0 aliphatic carbocycles. The molecule has 1 saturated heterocycles. The highest BCUT2D eigenvalue weighted by atomic mass is 35.5. The number of nitrogens with zero attached hydrogens (tertiary/aromatic N) is 3. The topological polar surface area (TPSA) is 41.6 Å². The van der Waals surface area contributed by atoms with Gasteiger partial charge in [0.15, 0.2) is 0 Å². The highest BCUT2D eigenvalue weighted by Gasteiger charge is 2.27. The molecule has 1 aliphatic rings. The van der Waals surface area contributed by atoms with Gasteiger partial charge in [-0.2, -0.15) is 5.26 Å². The maximum Gasteiger partial charge on any atom is 0.136 e. The summed E-state index contributed by atoms with van der Waals surface area (Å²) in [6.45, 7) is 0. The largest absolute Gasteiger partial charge is 0.296 e. The second-order valence-electron chi connectivity index (χ2n) is 4.14. The van der Waals surface area contributed by atoms with E-state index >= 15 is 0 Å².